The Balaban J connectivity index is 1.80. The van der Waals surface area contributed by atoms with Crippen LogP contribution in [-0.4, -0.2) is 68.3 Å². The van der Waals surface area contributed by atoms with E-state index in [1.54, 1.807) is 23.1 Å². The minimum absolute atomic E-state index is 0.127. The van der Waals surface area contributed by atoms with Gasteiger partial charge >= 0.3 is 0 Å². The van der Waals surface area contributed by atoms with Crippen LogP contribution in [0.25, 0.3) is 0 Å². The second-order valence-electron chi connectivity index (χ2n) is 8.49. The summed E-state index contributed by atoms with van der Waals surface area (Å²) in [6.07, 6.45) is 1.08. The van der Waals surface area contributed by atoms with Crippen molar-refractivity contribution >= 4 is 44.8 Å². The van der Waals surface area contributed by atoms with Crippen molar-refractivity contribution < 1.29 is 32.6 Å². The first kappa shape index (κ1) is 30.4. The number of sulfonamides is 1. The molecule has 0 aliphatic heterocycles. The summed E-state index contributed by atoms with van der Waals surface area (Å²) in [5.74, 6) is -0.723. The predicted molar refractivity (Wildman–Crippen MR) is 149 cm³/mol. The minimum atomic E-state index is -3.95. The fourth-order valence-corrected chi connectivity index (χ4v) is 5.69. The zero-order valence-electron chi connectivity index (χ0n) is 21.6. The number of carbonyl (C=O) groups excluding carboxylic acids is 2. The lowest BCUT2D eigenvalue weighted by Crippen LogP contribution is -2.34. The van der Waals surface area contributed by atoms with Crippen molar-refractivity contribution in [3.8, 4) is 11.5 Å². The summed E-state index contributed by atoms with van der Waals surface area (Å²) in [5.41, 5.74) is 1.73. The van der Waals surface area contributed by atoms with Crippen LogP contribution in [0.15, 0.2) is 48.5 Å². The molecule has 0 fully saturated rings. The quantitative estimate of drug-likeness (QED) is 0.290. The molecule has 2 N–H and O–H groups in total. The van der Waals surface area contributed by atoms with E-state index in [4.69, 9.17) is 26.2 Å². The highest BCUT2D eigenvalue weighted by atomic mass is 35.5. The number of aliphatic hydroxyl groups is 1. The highest BCUT2D eigenvalue weighted by Gasteiger charge is 2.22. The fraction of sp³-hybridized carbons (Fsp3) is 0.346. The van der Waals surface area contributed by atoms with Gasteiger partial charge in [-0.3, -0.25) is 14.3 Å². The molecule has 10 nitrogen and oxygen atoms in total. The molecule has 0 aliphatic rings. The Bertz CT molecular complexity index is 1360. The molecule has 2 aromatic carbocycles. The highest BCUT2D eigenvalue weighted by molar-refractivity contribution is 7.90. The first-order valence-electron chi connectivity index (χ1n) is 12.0. The third-order valence-electron chi connectivity index (χ3n) is 5.60. The van der Waals surface area contributed by atoms with E-state index in [1.165, 1.54) is 14.2 Å². The Morgan fingerprint density at radius 3 is 2.38 bits per heavy atom. The molecule has 210 valence electrons. The summed E-state index contributed by atoms with van der Waals surface area (Å²) in [4.78, 5) is 31.9. The molecule has 0 aliphatic carbocycles. The fourth-order valence-electron chi connectivity index (χ4n) is 3.74. The van der Waals surface area contributed by atoms with Crippen molar-refractivity contribution in [1.29, 1.82) is 0 Å². The maximum absolute atomic E-state index is 13.6. The van der Waals surface area contributed by atoms with E-state index in [0.29, 0.717) is 35.0 Å². The largest absolute Gasteiger partial charge is 0.497 e. The maximum Gasteiger partial charge on any atom is 0.254 e. The number of hydrogen-bond acceptors (Lipinski definition) is 9. The van der Waals surface area contributed by atoms with Gasteiger partial charge in [-0.25, -0.2) is 13.4 Å². The van der Waals surface area contributed by atoms with Gasteiger partial charge in [0.2, 0.25) is 15.9 Å². The number of carbonyl (C=O) groups is 2. The number of thiazole rings is 1. The average molecular weight is 596 g/mol. The monoisotopic (exact) mass is 595 g/mol. The summed E-state index contributed by atoms with van der Waals surface area (Å²) in [6.45, 7) is -0.0703. The smallest absolute Gasteiger partial charge is 0.254 e. The molecule has 1 heterocycles. The van der Waals surface area contributed by atoms with E-state index in [2.05, 4.69) is 4.98 Å². The Hall–Kier alpha value is -3.19. The molecule has 0 atom stereocenters. The number of ether oxygens (including phenoxy) is 2. The molecule has 3 rings (SSSR count). The van der Waals surface area contributed by atoms with Crippen molar-refractivity contribution in [2.24, 2.45) is 0 Å². The Kier molecular flexibility index (Phi) is 11.1. The molecule has 3 aromatic rings. The molecule has 0 bridgehead atoms. The molecule has 2 amide bonds. The number of amides is 2. The van der Waals surface area contributed by atoms with Crippen LogP contribution in [0.5, 0.6) is 11.5 Å². The summed E-state index contributed by atoms with van der Waals surface area (Å²) >= 11 is 7.43. The Morgan fingerprint density at radius 2 is 1.77 bits per heavy atom. The summed E-state index contributed by atoms with van der Waals surface area (Å²) in [6, 6.07) is 14.9. The molecule has 39 heavy (non-hydrogen) atoms. The molecule has 0 spiro atoms. The SMILES string of the molecule is COc1cc(OC)cc(C(=O)N(CCCc2ccccc2)Cc2nc(CC(=O)NS(=O)(=O)CCO)c(Cl)s2)c1. The van der Waals surface area contributed by atoms with Crippen LogP contribution >= 0.6 is 22.9 Å². The first-order valence-corrected chi connectivity index (χ1v) is 14.8. The number of hydrogen-bond donors (Lipinski definition) is 2. The lowest BCUT2D eigenvalue weighted by Gasteiger charge is -2.22. The molecule has 13 heteroatoms. The topological polar surface area (TPSA) is 135 Å². The number of methoxy groups -OCH3 is 2. The number of benzene rings is 2. The summed E-state index contributed by atoms with van der Waals surface area (Å²) < 4.78 is 36.3. The zero-order valence-corrected chi connectivity index (χ0v) is 23.9. The van der Waals surface area contributed by atoms with Crippen LogP contribution < -0.4 is 14.2 Å². The number of nitrogens with one attached hydrogen (secondary N) is 1. The number of aliphatic hydroxyl groups excluding tert-OH is 1. The minimum Gasteiger partial charge on any atom is -0.497 e. The van der Waals surface area contributed by atoms with Crippen molar-refractivity contribution in [2.75, 3.05) is 33.1 Å². The summed E-state index contributed by atoms with van der Waals surface area (Å²) in [5, 5.41) is 9.33. The van der Waals surface area contributed by atoms with E-state index in [9.17, 15) is 18.0 Å². The zero-order chi connectivity index (χ0) is 28.4. The second-order valence-corrected chi connectivity index (χ2v) is 12.0. The molecule has 0 radical (unpaired) electrons. The van der Waals surface area contributed by atoms with Gasteiger partial charge in [-0.15, -0.1) is 11.3 Å². The van der Waals surface area contributed by atoms with Gasteiger partial charge in [0.25, 0.3) is 5.91 Å². The first-order chi connectivity index (χ1) is 18.6. The van der Waals surface area contributed by atoms with E-state index in [-0.39, 0.29) is 28.9 Å². The van der Waals surface area contributed by atoms with Gasteiger partial charge in [-0.05, 0) is 30.5 Å². The van der Waals surface area contributed by atoms with Gasteiger partial charge in [0.1, 0.15) is 20.8 Å². The van der Waals surface area contributed by atoms with Crippen LogP contribution in [0.4, 0.5) is 0 Å². The van der Waals surface area contributed by atoms with E-state index >= 15 is 0 Å². The molecular weight excluding hydrogens is 566 g/mol. The average Bonchev–Trinajstić information content (AvgIpc) is 3.25. The molecular formula is C26H30ClN3O7S2. The van der Waals surface area contributed by atoms with Gasteiger partial charge < -0.3 is 19.5 Å². The van der Waals surface area contributed by atoms with E-state index in [1.807, 2.05) is 35.1 Å². The number of nitrogens with zero attached hydrogens (tertiary/aromatic N) is 2. The normalized spacial score (nSPS) is 11.2. The van der Waals surface area contributed by atoms with Crippen LogP contribution in [0.1, 0.15) is 33.0 Å². The second kappa shape index (κ2) is 14.3. The summed E-state index contributed by atoms with van der Waals surface area (Å²) in [7, 11) is -0.943. The van der Waals surface area contributed by atoms with Gasteiger partial charge in [-0.1, -0.05) is 41.9 Å². The molecule has 0 saturated heterocycles. The molecule has 0 saturated carbocycles. The molecule has 1 aromatic heterocycles. The standard InChI is InChI=1S/C26H30ClN3O7S2/c1-36-20-13-19(14-21(15-20)37-2)26(33)30(10-6-9-18-7-4-3-5-8-18)17-24-28-22(25(27)38-24)16-23(32)29-39(34,35)12-11-31/h3-5,7-8,13-15,31H,6,9-12,16-17H2,1-2H3,(H,29,32). The van der Waals surface area contributed by atoms with E-state index < -0.39 is 28.3 Å². The maximum atomic E-state index is 13.6. The number of aromatic nitrogens is 1. The van der Waals surface area contributed by atoms with Crippen LogP contribution in [0.2, 0.25) is 4.34 Å². The van der Waals surface area contributed by atoms with Crippen LogP contribution in [0, 0.1) is 0 Å². The number of rotatable bonds is 14. The van der Waals surface area contributed by atoms with Crippen LogP contribution in [0.3, 0.4) is 0 Å². The Labute approximate surface area is 236 Å². The van der Waals surface area contributed by atoms with Crippen LogP contribution in [-0.2, 0) is 34.2 Å². The van der Waals surface area contributed by atoms with Gasteiger partial charge in [0, 0.05) is 18.2 Å². The number of aryl methyl sites for hydroxylation is 1. The predicted octanol–water partition coefficient (Wildman–Crippen LogP) is 3.07. The van der Waals surface area contributed by atoms with Gasteiger partial charge in [0.15, 0.2) is 0 Å². The van der Waals surface area contributed by atoms with Crippen molar-refractivity contribution in [2.45, 2.75) is 25.8 Å². The molecule has 0 unspecified atom stereocenters. The third-order valence-corrected chi connectivity index (χ3v) is 8.18. The van der Waals surface area contributed by atoms with Gasteiger partial charge in [0.05, 0.1) is 45.2 Å². The van der Waals surface area contributed by atoms with Crippen molar-refractivity contribution in [3.63, 3.8) is 0 Å². The van der Waals surface area contributed by atoms with Crippen molar-refractivity contribution in [1.82, 2.24) is 14.6 Å². The van der Waals surface area contributed by atoms with E-state index in [0.717, 1.165) is 23.3 Å². The van der Waals surface area contributed by atoms with Gasteiger partial charge in [-0.2, -0.15) is 0 Å². The Morgan fingerprint density at radius 1 is 1.10 bits per heavy atom. The van der Waals surface area contributed by atoms with Crippen molar-refractivity contribution in [3.05, 3.63) is 74.7 Å². The highest BCUT2D eigenvalue weighted by Crippen LogP contribution is 2.28. The lowest BCUT2D eigenvalue weighted by atomic mass is 10.1. The third kappa shape index (κ3) is 9.20. The lowest BCUT2D eigenvalue weighted by molar-refractivity contribution is -0.118. The number of halogens is 1.